The predicted molar refractivity (Wildman–Crippen MR) is 135 cm³/mol. The molecule has 0 radical (unpaired) electrons. The minimum absolute atomic E-state index is 0.0854. The summed E-state index contributed by atoms with van der Waals surface area (Å²) in [7, 11) is 0. The van der Waals surface area contributed by atoms with Crippen LogP contribution in [-0.4, -0.2) is 42.2 Å². The Bertz CT molecular complexity index is 1040. The van der Waals surface area contributed by atoms with Gasteiger partial charge in [0.1, 0.15) is 5.75 Å². The van der Waals surface area contributed by atoms with Crippen LogP contribution < -0.4 is 15.6 Å². The van der Waals surface area contributed by atoms with Crippen molar-refractivity contribution in [2.45, 2.75) is 37.3 Å². The van der Waals surface area contributed by atoms with Crippen LogP contribution in [0.4, 0.5) is 0 Å². The van der Waals surface area contributed by atoms with Crippen molar-refractivity contribution in [3.8, 4) is 5.75 Å². The first-order chi connectivity index (χ1) is 16.6. The Balaban J connectivity index is 1.64. The van der Waals surface area contributed by atoms with Gasteiger partial charge < -0.3 is 14.6 Å². The molecule has 4 rings (SSSR count). The van der Waals surface area contributed by atoms with Crippen molar-refractivity contribution in [2.24, 2.45) is 10.9 Å². The molecule has 0 unspecified atom stereocenters. The minimum atomic E-state index is -1.21. The predicted octanol–water partition coefficient (Wildman–Crippen LogP) is 4.07. The molecule has 0 spiro atoms. The van der Waals surface area contributed by atoms with E-state index in [1.807, 2.05) is 48.5 Å². The maximum atomic E-state index is 13.6. The summed E-state index contributed by atoms with van der Waals surface area (Å²) in [4.78, 5) is 18.4. The van der Waals surface area contributed by atoms with Crippen LogP contribution in [0.15, 0.2) is 70.7 Å². The molecule has 1 amide bonds. The molecular weight excluding hydrogens is 498 g/mol. The molecule has 1 fully saturated rings. The van der Waals surface area contributed by atoms with Crippen LogP contribution in [0.1, 0.15) is 42.9 Å². The lowest BCUT2D eigenvalue weighted by molar-refractivity contribution is -0.129. The molecule has 2 aliphatic rings. The number of hydrogen-bond donors (Lipinski definition) is 3. The molecule has 2 atom stereocenters. The van der Waals surface area contributed by atoms with E-state index in [0.717, 1.165) is 22.1 Å². The van der Waals surface area contributed by atoms with Gasteiger partial charge in [0, 0.05) is 41.6 Å². The Labute approximate surface area is 208 Å². The van der Waals surface area contributed by atoms with Crippen LogP contribution in [0.3, 0.4) is 0 Å². The van der Waals surface area contributed by atoms with Gasteiger partial charge in [-0.15, -0.1) is 6.58 Å². The van der Waals surface area contributed by atoms with Crippen LogP contribution in [0.5, 0.6) is 5.75 Å². The van der Waals surface area contributed by atoms with Crippen molar-refractivity contribution in [3.63, 3.8) is 0 Å². The molecule has 34 heavy (non-hydrogen) atoms. The van der Waals surface area contributed by atoms with Crippen molar-refractivity contribution in [3.05, 3.63) is 76.8 Å². The van der Waals surface area contributed by atoms with E-state index in [2.05, 4.69) is 33.4 Å². The summed E-state index contributed by atoms with van der Waals surface area (Å²) in [6, 6.07) is 15.1. The topological polar surface area (TPSA) is 92.2 Å². The molecule has 1 saturated carbocycles. The number of hydrogen-bond acceptors (Lipinski definition) is 6. The summed E-state index contributed by atoms with van der Waals surface area (Å²) in [5.41, 5.74) is 6.32. The van der Waals surface area contributed by atoms with Crippen molar-refractivity contribution < 1.29 is 19.4 Å². The molecule has 7 nitrogen and oxygen atoms in total. The standard InChI is InChI=1S/C26H30BrN3O4/c1-2-14-26(25(32)30-28-17-18-8-9-18)23(21-6-3-4-7-22(21)27)34-24(29-26)19-10-12-20(13-11-19)33-16-5-15-31/h2-4,6-7,10-13,18,23,28,31H,1,5,8-9,14-17H2,(H,30,32)/t23-,26-/m0/s1. The van der Waals surface area contributed by atoms with E-state index in [9.17, 15) is 4.79 Å². The minimum Gasteiger partial charge on any atom is -0.494 e. The number of nitrogens with zero attached hydrogens (tertiary/aromatic N) is 1. The number of hydrazine groups is 1. The maximum Gasteiger partial charge on any atom is 0.266 e. The largest absolute Gasteiger partial charge is 0.494 e. The Morgan fingerprint density at radius 1 is 1.26 bits per heavy atom. The quantitative estimate of drug-likeness (QED) is 0.220. The highest BCUT2D eigenvalue weighted by molar-refractivity contribution is 9.10. The van der Waals surface area contributed by atoms with Crippen LogP contribution in [0.2, 0.25) is 0 Å². The molecule has 3 N–H and O–H groups in total. The van der Waals surface area contributed by atoms with Gasteiger partial charge in [0.25, 0.3) is 5.91 Å². The van der Waals surface area contributed by atoms with Crippen molar-refractivity contribution in [1.29, 1.82) is 0 Å². The average Bonchev–Trinajstić information content (AvgIpc) is 3.59. The maximum absolute atomic E-state index is 13.6. The van der Waals surface area contributed by atoms with E-state index in [1.165, 1.54) is 12.8 Å². The Morgan fingerprint density at radius 2 is 2.03 bits per heavy atom. The zero-order chi connectivity index (χ0) is 24.0. The fourth-order valence-corrected chi connectivity index (χ4v) is 4.40. The lowest BCUT2D eigenvalue weighted by atomic mass is 9.84. The third-order valence-corrected chi connectivity index (χ3v) is 6.68. The summed E-state index contributed by atoms with van der Waals surface area (Å²) in [5, 5.41) is 8.93. The van der Waals surface area contributed by atoms with Crippen LogP contribution in [0.25, 0.3) is 0 Å². The van der Waals surface area contributed by atoms with Gasteiger partial charge in [0.2, 0.25) is 5.90 Å². The molecule has 1 aliphatic carbocycles. The molecule has 180 valence electrons. The monoisotopic (exact) mass is 527 g/mol. The van der Waals surface area contributed by atoms with E-state index in [0.29, 0.717) is 37.0 Å². The first-order valence-corrected chi connectivity index (χ1v) is 12.4. The summed E-state index contributed by atoms with van der Waals surface area (Å²) >= 11 is 3.62. The number of aliphatic imine (C=N–C) groups is 1. The first-order valence-electron chi connectivity index (χ1n) is 11.6. The van der Waals surface area contributed by atoms with Crippen LogP contribution in [-0.2, 0) is 9.53 Å². The van der Waals surface area contributed by atoms with E-state index in [1.54, 1.807) is 6.08 Å². The zero-order valence-electron chi connectivity index (χ0n) is 19.0. The van der Waals surface area contributed by atoms with Crippen LogP contribution in [0, 0.1) is 5.92 Å². The van der Waals surface area contributed by atoms with Gasteiger partial charge in [-0.1, -0.05) is 40.2 Å². The van der Waals surface area contributed by atoms with Gasteiger partial charge in [-0.05, 0) is 49.1 Å². The van der Waals surface area contributed by atoms with E-state index < -0.39 is 11.6 Å². The second-order valence-corrected chi connectivity index (χ2v) is 9.44. The number of aliphatic hydroxyl groups is 1. The lowest BCUT2D eigenvalue weighted by Gasteiger charge is -2.30. The molecule has 2 aromatic rings. The fraction of sp³-hybridized carbons (Fsp3) is 0.385. The number of rotatable bonds is 12. The number of ether oxygens (including phenoxy) is 2. The number of carbonyl (C=O) groups is 1. The van der Waals surface area contributed by atoms with Crippen molar-refractivity contribution >= 4 is 27.7 Å². The van der Waals surface area contributed by atoms with Gasteiger partial charge in [-0.3, -0.25) is 10.2 Å². The van der Waals surface area contributed by atoms with Crippen molar-refractivity contribution in [1.82, 2.24) is 10.9 Å². The number of carbonyl (C=O) groups excluding carboxylic acids is 1. The Kier molecular flexibility index (Phi) is 8.03. The number of nitrogens with one attached hydrogen (secondary N) is 2. The van der Waals surface area contributed by atoms with Gasteiger partial charge in [-0.25, -0.2) is 10.4 Å². The Morgan fingerprint density at radius 3 is 2.71 bits per heavy atom. The normalized spacial score (nSPS) is 21.5. The summed E-state index contributed by atoms with van der Waals surface area (Å²) in [6.45, 7) is 5.16. The van der Waals surface area contributed by atoms with Gasteiger partial charge in [-0.2, -0.15) is 0 Å². The first kappa shape index (κ1) is 24.4. The molecule has 0 bridgehead atoms. The molecular formula is C26H30BrN3O4. The van der Waals surface area contributed by atoms with Crippen LogP contribution >= 0.6 is 15.9 Å². The highest BCUT2D eigenvalue weighted by Gasteiger charge is 2.53. The number of benzene rings is 2. The Hall–Kier alpha value is -2.68. The van der Waals surface area contributed by atoms with Gasteiger partial charge >= 0.3 is 0 Å². The smallest absolute Gasteiger partial charge is 0.266 e. The molecule has 0 saturated heterocycles. The van der Waals surface area contributed by atoms with E-state index in [4.69, 9.17) is 19.6 Å². The molecule has 1 aliphatic heterocycles. The highest BCUT2D eigenvalue weighted by atomic mass is 79.9. The van der Waals surface area contributed by atoms with E-state index in [-0.39, 0.29) is 12.5 Å². The van der Waals surface area contributed by atoms with Gasteiger partial charge in [0.05, 0.1) is 6.61 Å². The van der Waals surface area contributed by atoms with Crippen molar-refractivity contribution in [2.75, 3.05) is 19.8 Å². The molecule has 1 heterocycles. The number of aliphatic hydroxyl groups excluding tert-OH is 1. The highest BCUT2D eigenvalue weighted by Crippen LogP contribution is 2.44. The summed E-state index contributed by atoms with van der Waals surface area (Å²) in [6.07, 6.45) is 4.31. The summed E-state index contributed by atoms with van der Waals surface area (Å²) < 4.78 is 12.9. The summed E-state index contributed by atoms with van der Waals surface area (Å²) in [5.74, 6) is 1.44. The van der Waals surface area contributed by atoms with Gasteiger partial charge in [0.15, 0.2) is 11.6 Å². The molecule has 2 aromatic carbocycles. The van der Waals surface area contributed by atoms with E-state index >= 15 is 0 Å². The average molecular weight is 528 g/mol. The second kappa shape index (κ2) is 11.2. The third kappa shape index (κ3) is 5.51. The lowest BCUT2D eigenvalue weighted by Crippen LogP contribution is -2.52. The second-order valence-electron chi connectivity index (χ2n) is 8.58. The number of halogens is 1. The fourth-order valence-electron chi connectivity index (χ4n) is 3.91. The molecule has 8 heteroatoms. The molecule has 0 aromatic heterocycles. The number of amides is 1. The zero-order valence-corrected chi connectivity index (χ0v) is 20.6. The third-order valence-electron chi connectivity index (χ3n) is 5.96. The SMILES string of the molecule is C=CC[C@]1(C(=O)NNCC2CC2)N=C(c2ccc(OCCCO)cc2)O[C@H]1c1ccccc1Br.